The maximum Gasteiger partial charge on any atom is 0.220 e. The second-order valence-corrected chi connectivity index (χ2v) is 4.58. The molecule has 1 aliphatic rings. The number of benzene rings is 1. The number of rotatable bonds is 1. The summed E-state index contributed by atoms with van der Waals surface area (Å²) in [5.41, 5.74) is 1.12. The molecule has 0 spiro atoms. The van der Waals surface area contributed by atoms with Crippen molar-refractivity contribution in [2.75, 3.05) is 6.54 Å². The number of carbonyl (C=O) groups is 1. The summed E-state index contributed by atoms with van der Waals surface area (Å²) in [5, 5.41) is 12.1. The Hall–Kier alpha value is -0.780. The predicted octanol–water partition coefficient (Wildman–Crippen LogP) is 1.60. The van der Waals surface area contributed by atoms with Gasteiger partial charge < -0.3 is 10.4 Å². The van der Waals surface area contributed by atoms with Gasteiger partial charge in [0, 0.05) is 18.9 Å². The molecule has 1 amide bonds. The van der Waals surface area contributed by atoms with E-state index in [0.717, 1.165) is 9.13 Å². The van der Waals surface area contributed by atoms with Crippen LogP contribution in [0.2, 0.25) is 0 Å². The molecular weight excluding hydrogens is 293 g/mol. The van der Waals surface area contributed by atoms with Crippen LogP contribution in [-0.2, 0) is 4.79 Å². The lowest BCUT2D eigenvalue weighted by molar-refractivity contribution is -0.119. The van der Waals surface area contributed by atoms with Gasteiger partial charge in [-0.3, -0.25) is 4.79 Å². The van der Waals surface area contributed by atoms with Crippen LogP contribution in [0.4, 0.5) is 0 Å². The van der Waals surface area contributed by atoms with E-state index in [2.05, 4.69) is 27.9 Å². The number of hydrogen-bond donors (Lipinski definition) is 2. The molecule has 14 heavy (non-hydrogen) atoms. The van der Waals surface area contributed by atoms with Gasteiger partial charge in [-0.2, -0.15) is 0 Å². The van der Waals surface area contributed by atoms with Gasteiger partial charge in [0.15, 0.2) is 0 Å². The number of hydrogen-bond acceptors (Lipinski definition) is 2. The largest absolute Gasteiger partial charge is 0.507 e. The Labute approximate surface area is 95.7 Å². The molecule has 1 saturated heterocycles. The van der Waals surface area contributed by atoms with Gasteiger partial charge in [0.05, 0.1) is 3.57 Å². The number of carbonyl (C=O) groups excluding carboxylic acids is 1. The van der Waals surface area contributed by atoms with E-state index in [1.54, 1.807) is 6.07 Å². The molecule has 1 aromatic rings. The van der Waals surface area contributed by atoms with Crippen LogP contribution in [-0.4, -0.2) is 17.6 Å². The molecule has 0 radical (unpaired) electrons. The van der Waals surface area contributed by atoms with E-state index < -0.39 is 0 Å². The minimum absolute atomic E-state index is 0.109. The van der Waals surface area contributed by atoms with Gasteiger partial charge in [0.2, 0.25) is 5.91 Å². The molecule has 1 heterocycles. The Morgan fingerprint density at radius 2 is 2.29 bits per heavy atom. The molecule has 0 aromatic heterocycles. The van der Waals surface area contributed by atoms with E-state index in [9.17, 15) is 9.90 Å². The van der Waals surface area contributed by atoms with Gasteiger partial charge in [0.1, 0.15) is 5.75 Å². The Bertz CT molecular complexity index is 378. The lowest BCUT2D eigenvalue weighted by atomic mass is 9.98. The summed E-state index contributed by atoms with van der Waals surface area (Å²) in [6.07, 6.45) is 0.556. The molecule has 1 aromatic carbocycles. The van der Waals surface area contributed by atoms with E-state index in [1.165, 1.54) is 0 Å². The van der Waals surface area contributed by atoms with Crippen LogP contribution in [0.25, 0.3) is 0 Å². The summed E-state index contributed by atoms with van der Waals surface area (Å²) in [6, 6.07) is 5.49. The predicted molar refractivity (Wildman–Crippen MR) is 61.2 cm³/mol. The Morgan fingerprint density at radius 3 is 2.86 bits per heavy atom. The number of phenols is 1. The molecule has 74 valence electrons. The van der Waals surface area contributed by atoms with Crippen molar-refractivity contribution in [1.29, 1.82) is 0 Å². The molecule has 2 rings (SSSR count). The van der Waals surface area contributed by atoms with Crippen molar-refractivity contribution < 1.29 is 9.90 Å². The smallest absolute Gasteiger partial charge is 0.220 e. The standard InChI is InChI=1S/C10H10INO2/c11-8-3-6(1-2-9(8)13)7-4-10(14)12-5-7/h1-3,7,13H,4-5H2,(H,12,14). The van der Waals surface area contributed by atoms with Gasteiger partial charge in [-0.25, -0.2) is 0 Å². The van der Waals surface area contributed by atoms with E-state index in [1.807, 2.05) is 12.1 Å². The highest BCUT2D eigenvalue weighted by Gasteiger charge is 2.23. The number of amides is 1. The second kappa shape index (κ2) is 3.76. The number of phenolic OH excluding ortho intramolecular Hbond substituents is 1. The summed E-state index contributed by atoms with van der Waals surface area (Å²) < 4.78 is 0.833. The van der Waals surface area contributed by atoms with Crippen molar-refractivity contribution in [3.8, 4) is 5.75 Å². The zero-order valence-electron chi connectivity index (χ0n) is 7.46. The van der Waals surface area contributed by atoms with Crippen molar-refractivity contribution >= 4 is 28.5 Å². The zero-order chi connectivity index (χ0) is 10.1. The van der Waals surface area contributed by atoms with E-state index in [0.29, 0.717) is 18.7 Å². The number of nitrogens with one attached hydrogen (secondary N) is 1. The molecule has 1 atom stereocenters. The normalized spacial score (nSPS) is 20.9. The summed E-state index contributed by atoms with van der Waals surface area (Å²) in [4.78, 5) is 11.0. The Morgan fingerprint density at radius 1 is 1.50 bits per heavy atom. The number of aromatic hydroxyl groups is 1. The van der Waals surface area contributed by atoms with Crippen molar-refractivity contribution in [1.82, 2.24) is 5.32 Å². The fraction of sp³-hybridized carbons (Fsp3) is 0.300. The van der Waals surface area contributed by atoms with Crippen LogP contribution in [0, 0.1) is 3.57 Å². The molecule has 0 bridgehead atoms. The van der Waals surface area contributed by atoms with Crippen molar-refractivity contribution in [2.24, 2.45) is 0 Å². The summed E-state index contributed by atoms with van der Waals surface area (Å²) in [5.74, 6) is 0.668. The van der Waals surface area contributed by atoms with Crippen molar-refractivity contribution in [3.05, 3.63) is 27.3 Å². The highest BCUT2D eigenvalue weighted by molar-refractivity contribution is 14.1. The van der Waals surface area contributed by atoms with E-state index in [-0.39, 0.29) is 11.8 Å². The molecule has 0 saturated carbocycles. The quantitative estimate of drug-likeness (QED) is 0.774. The zero-order valence-corrected chi connectivity index (χ0v) is 9.61. The highest BCUT2D eigenvalue weighted by Crippen LogP contribution is 2.28. The number of halogens is 1. The molecular formula is C10H10INO2. The fourth-order valence-corrected chi connectivity index (χ4v) is 2.16. The first-order valence-electron chi connectivity index (χ1n) is 4.42. The third-order valence-electron chi connectivity index (χ3n) is 2.42. The maximum atomic E-state index is 11.0. The van der Waals surface area contributed by atoms with Gasteiger partial charge >= 0.3 is 0 Å². The van der Waals surface area contributed by atoms with Gasteiger partial charge in [-0.15, -0.1) is 0 Å². The lowest BCUT2D eigenvalue weighted by Crippen LogP contribution is -2.13. The SMILES string of the molecule is O=C1CC(c2ccc(O)c(I)c2)CN1. The molecule has 2 N–H and O–H groups in total. The minimum atomic E-state index is 0.109. The third kappa shape index (κ3) is 1.84. The highest BCUT2D eigenvalue weighted by atomic mass is 127. The minimum Gasteiger partial charge on any atom is -0.507 e. The Balaban J connectivity index is 2.24. The van der Waals surface area contributed by atoms with Crippen LogP contribution in [0.1, 0.15) is 17.9 Å². The summed E-state index contributed by atoms with van der Waals surface area (Å²) >= 11 is 2.09. The first-order chi connectivity index (χ1) is 6.66. The molecule has 1 unspecified atom stereocenters. The monoisotopic (exact) mass is 303 g/mol. The fourth-order valence-electron chi connectivity index (χ4n) is 1.62. The first-order valence-corrected chi connectivity index (χ1v) is 5.50. The van der Waals surface area contributed by atoms with Crippen molar-refractivity contribution in [2.45, 2.75) is 12.3 Å². The molecule has 1 aliphatic heterocycles. The van der Waals surface area contributed by atoms with Crippen LogP contribution in [0.5, 0.6) is 5.75 Å². The average molecular weight is 303 g/mol. The van der Waals surface area contributed by atoms with Crippen LogP contribution in [0.3, 0.4) is 0 Å². The molecule has 4 heteroatoms. The maximum absolute atomic E-state index is 11.0. The molecule has 0 aliphatic carbocycles. The van der Waals surface area contributed by atoms with Gasteiger partial charge in [0.25, 0.3) is 0 Å². The average Bonchev–Trinajstić information content (AvgIpc) is 2.57. The van der Waals surface area contributed by atoms with Crippen LogP contribution in [0.15, 0.2) is 18.2 Å². The third-order valence-corrected chi connectivity index (χ3v) is 3.28. The summed E-state index contributed by atoms with van der Waals surface area (Å²) in [6.45, 7) is 0.708. The molecule has 3 nitrogen and oxygen atoms in total. The van der Waals surface area contributed by atoms with E-state index >= 15 is 0 Å². The second-order valence-electron chi connectivity index (χ2n) is 3.42. The van der Waals surface area contributed by atoms with Crippen LogP contribution >= 0.6 is 22.6 Å². The van der Waals surface area contributed by atoms with Crippen LogP contribution < -0.4 is 5.32 Å². The lowest BCUT2D eigenvalue weighted by Gasteiger charge is -2.08. The van der Waals surface area contributed by atoms with Crippen molar-refractivity contribution in [3.63, 3.8) is 0 Å². The molecule has 1 fully saturated rings. The Kier molecular flexibility index (Phi) is 2.62. The van der Waals surface area contributed by atoms with E-state index in [4.69, 9.17) is 0 Å². The first kappa shape index (κ1) is 9.76. The van der Waals surface area contributed by atoms with Gasteiger partial charge in [-0.1, -0.05) is 6.07 Å². The van der Waals surface area contributed by atoms with Gasteiger partial charge in [-0.05, 0) is 40.3 Å². The summed E-state index contributed by atoms with van der Waals surface area (Å²) in [7, 11) is 0. The topological polar surface area (TPSA) is 49.3 Å².